The van der Waals surface area contributed by atoms with Crippen molar-refractivity contribution in [3.05, 3.63) is 64.9 Å². The van der Waals surface area contributed by atoms with Gasteiger partial charge in [-0.3, -0.25) is 9.36 Å². The van der Waals surface area contributed by atoms with Gasteiger partial charge in [-0.15, -0.1) is 0 Å². The van der Waals surface area contributed by atoms with Gasteiger partial charge in [0.15, 0.2) is 17.0 Å². The maximum absolute atomic E-state index is 12.3. The maximum atomic E-state index is 12.3. The number of anilines is 1. The summed E-state index contributed by atoms with van der Waals surface area (Å²) in [6.45, 7) is 4.04. The fourth-order valence-corrected chi connectivity index (χ4v) is 5.09. The minimum absolute atomic E-state index is 0.309. The molecule has 2 aromatic carbocycles. The van der Waals surface area contributed by atoms with Gasteiger partial charge >= 0.3 is 0 Å². The molecule has 0 unspecified atom stereocenters. The van der Waals surface area contributed by atoms with Crippen LogP contribution in [0.1, 0.15) is 26.2 Å². The van der Waals surface area contributed by atoms with Gasteiger partial charge in [0.25, 0.3) is 0 Å². The molecule has 0 atom stereocenters. The van der Waals surface area contributed by atoms with Crippen molar-refractivity contribution in [3.8, 4) is 17.1 Å². The lowest BCUT2D eigenvalue weighted by molar-refractivity contribution is -0.125. The Morgan fingerprint density at radius 2 is 1.81 bits per heavy atom. The average molecular weight is 524 g/mol. The number of primary amides is 1. The monoisotopic (exact) mass is 523 g/mol. The first-order valence-electron chi connectivity index (χ1n) is 12.0. The van der Waals surface area contributed by atoms with Crippen molar-refractivity contribution >= 4 is 46.1 Å². The van der Waals surface area contributed by atoms with Crippen LogP contribution in [-0.4, -0.2) is 50.6 Å². The lowest BCUT2D eigenvalue weighted by Gasteiger charge is -2.40. The van der Waals surface area contributed by atoms with E-state index in [1.807, 2.05) is 53.1 Å². The van der Waals surface area contributed by atoms with Crippen molar-refractivity contribution in [2.45, 2.75) is 31.7 Å². The lowest BCUT2D eigenvalue weighted by atomic mass is 9.86. The number of fused-ring (bicyclic) bond motifs is 1. The predicted molar refractivity (Wildman–Crippen MR) is 144 cm³/mol. The molecule has 0 radical (unpaired) electrons. The van der Waals surface area contributed by atoms with E-state index in [0.29, 0.717) is 53.0 Å². The molecule has 36 heavy (non-hydrogen) atoms. The van der Waals surface area contributed by atoms with Crippen molar-refractivity contribution in [3.63, 3.8) is 0 Å². The Hall–Kier alpha value is -3.20. The summed E-state index contributed by atoms with van der Waals surface area (Å²) in [6.07, 6.45) is 3.65. The Balaban J connectivity index is 1.60. The molecule has 1 saturated heterocycles. The minimum atomic E-state index is -0.704. The smallest absolute Gasteiger partial charge is 0.237 e. The molecule has 3 heterocycles. The van der Waals surface area contributed by atoms with E-state index in [1.165, 1.54) is 0 Å². The molecule has 186 valence electrons. The van der Waals surface area contributed by atoms with Crippen LogP contribution in [0, 0.1) is 0 Å². The summed E-state index contributed by atoms with van der Waals surface area (Å²) in [7, 11) is 0. The van der Waals surface area contributed by atoms with Gasteiger partial charge in [0, 0.05) is 29.4 Å². The highest BCUT2D eigenvalue weighted by Gasteiger charge is 2.40. The number of piperidine rings is 1. The number of hydrogen-bond donors (Lipinski definition) is 2. The Morgan fingerprint density at radius 1 is 1.08 bits per heavy atom. The standard InChI is InChI=1S/C26H27Cl2N7O/c1-2-13-32-26(25(29)36)11-14-34(15-12-26)23-21-24(31-16-30-23)35(18-9-7-17(27)8-10-18)22(33-21)19-5-3-4-6-20(19)28/h3-10,16,32H,2,11-15H2,1H3,(H2,29,36). The van der Waals surface area contributed by atoms with E-state index in [4.69, 9.17) is 33.9 Å². The zero-order chi connectivity index (χ0) is 25.3. The molecule has 1 aliphatic rings. The highest BCUT2D eigenvalue weighted by Crippen LogP contribution is 2.36. The molecule has 1 aliphatic heterocycles. The van der Waals surface area contributed by atoms with Gasteiger partial charge in [-0.2, -0.15) is 0 Å². The molecule has 0 spiro atoms. The van der Waals surface area contributed by atoms with Crippen LogP contribution in [-0.2, 0) is 4.79 Å². The lowest BCUT2D eigenvalue weighted by Crippen LogP contribution is -2.61. The van der Waals surface area contributed by atoms with Crippen molar-refractivity contribution < 1.29 is 4.79 Å². The van der Waals surface area contributed by atoms with E-state index in [2.05, 4.69) is 27.1 Å². The Kier molecular flexibility index (Phi) is 6.83. The van der Waals surface area contributed by atoms with E-state index in [1.54, 1.807) is 6.33 Å². The van der Waals surface area contributed by atoms with E-state index < -0.39 is 5.54 Å². The number of aromatic nitrogens is 4. The summed E-state index contributed by atoms with van der Waals surface area (Å²) >= 11 is 12.8. The fourth-order valence-electron chi connectivity index (χ4n) is 4.74. The van der Waals surface area contributed by atoms with Gasteiger partial charge in [-0.25, -0.2) is 15.0 Å². The largest absolute Gasteiger partial charge is 0.368 e. The van der Waals surface area contributed by atoms with Crippen LogP contribution in [0.2, 0.25) is 10.0 Å². The third kappa shape index (κ3) is 4.40. The predicted octanol–water partition coefficient (Wildman–Crippen LogP) is 4.61. The number of nitrogens with zero attached hydrogens (tertiary/aromatic N) is 5. The number of rotatable bonds is 7. The van der Waals surface area contributed by atoms with E-state index in [0.717, 1.165) is 30.0 Å². The van der Waals surface area contributed by atoms with Gasteiger partial charge in [0.05, 0.1) is 5.02 Å². The molecule has 0 bridgehead atoms. The minimum Gasteiger partial charge on any atom is -0.368 e. The second-order valence-corrected chi connectivity index (χ2v) is 9.80. The SMILES string of the molecule is CCCNC1(C(N)=O)CCN(c2ncnc3c2nc(-c2ccccc2Cl)n3-c2ccc(Cl)cc2)CC1. The number of amides is 1. The number of nitrogens with two attached hydrogens (primary N) is 1. The summed E-state index contributed by atoms with van der Waals surface area (Å²) in [5.41, 5.74) is 8.07. The molecule has 5 rings (SSSR count). The molecule has 8 nitrogen and oxygen atoms in total. The number of benzene rings is 2. The van der Waals surface area contributed by atoms with Crippen LogP contribution in [0.5, 0.6) is 0 Å². The van der Waals surface area contributed by atoms with Crippen molar-refractivity contribution in [1.82, 2.24) is 24.8 Å². The number of carbonyl (C=O) groups excluding carboxylic acids is 1. The first-order chi connectivity index (χ1) is 17.4. The molecule has 10 heteroatoms. The van der Waals surface area contributed by atoms with Crippen molar-refractivity contribution in [1.29, 1.82) is 0 Å². The Morgan fingerprint density at radius 3 is 2.47 bits per heavy atom. The molecule has 1 amide bonds. The summed E-state index contributed by atoms with van der Waals surface area (Å²) in [4.78, 5) is 28.7. The molecular formula is C26H27Cl2N7O. The van der Waals surface area contributed by atoms with Crippen LogP contribution in [0.4, 0.5) is 5.82 Å². The summed E-state index contributed by atoms with van der Waals surface area (Å²) in [5, 5.41) is 4.61. The second-order valence-electron chi connectivity index (χ2n) is 8.96. The molecule has 1 fully saturated rings. The molecular weight excluding hydrogens is 497 g/mol. The molecule has 0 aliphatic carbocycles. The quantitative estimate of drug-likeness (QED) is 0.366. The summed E-state index contributed by atoms with van der Waals surface area (Å²) in [6, 6.07) is 15.1. The molecule has 2 aromatic heterocycles. The second kappa shape index (κ2) is 10.0. The van der Waals surface area contributed by atoms with E-state index >= 15 is 0 Å². The van der Waals surface area contributed by atoms with Crippen LogP contribution in [0.3, 0.4) is 0 Å². The third-order valence-corrected chi connectivity index (χ3v) is 7.31. The first-order valence-corrected chi connectivity index (χ1v) is 12.7. The van der Waals surface area contributed by atoms with Crippen LogP contribution < -0.4 is 16.0 Å². The van der Waals surface area contributed by atoms with Gasteiger partial charge in [0.2, 0.25) is 5.91 Å². The summed E-state index contributed by atoms with van der Waals surface area (Å²) < 4.78 is 1.97. The highest BCUT2D eigenvalue weighted by atomic mass is 35.5. The van der Waals surface area contributed by atoms with Crippen LogP contribution >= 0.6 is 23.2 Å². The molecule has 4 aromatic rings. The van der Waals surface area contributed by atoms with Crippen molar-refractivity contribution in [2.24, 2.45) is 5.73 Å². The van der Waals surface area contributed by atoms with Gasteiger partial charge in [-0.1, -0.05) is 42.3 Å². The number of nitrogens with one attached hydrogen (secondary N) is 1. The summed E-state index contributed by atoms with van der Waals surface area (Å²) in [5.74, 6) is 1.07. The van der Waals surface area contributed by atoms with Crippen molar-refractivity contribution in [2.75, 3.05) is 24.5 Å². The van der Waals surface area contributed by atoms with E-state index in [-0.39, 0.29) is 5.91 Å². The normalized spacial score (nSPS) is 15.4. The zero-order valence-corrected chi connectivity index (χ0v) is 21.4. The molecule has 3 N–H and O–H groups in total. The zero-order valence-electron chi connectivity index (χ0n) is 19.9. The maximum Gasteiger partial charge on any atom is 0.237 e. The van der Waals surface area contributed by atoms with Gasteiger partial charge < -0.3 is 16.0 Å². The van der Waals surface area contributed by atoms with Gasteiger partial charge in [0.1, 0.15) is 17.7 Å². The Labute approximate surface area is 219 Å². The topological polar surface area (TPSA) is 102 Å². The fraction of sp³-hybridized carbons (Fsp3) is 0.308. The van der Waals surface area contributed by atoms with Gasteiger partial charge in [-0.05, 0) is 62.2 Å². The molecule has 0 saturated carbocycles. The van der Waals surface area contributed by atoms with E-state index in [9.17, 15) is 4.79 Å². The number of carbonyl (C=O) groups is 1. The number of imidazole rings is 1. The van der Waals surface area contributed by atoms with Crippen LogP contribution in [0.15, 0.2) is 54.9 Å². The third-order valence-electron chi connectivity index (χ3n) is 6.73. The number of halogens is 2. The van der Waals surface area contributed by atoms with Crippen LogP contribution in [0.25, 0.3) is 28.2 Å². The average Bonchev–Trinajstić information content (AvgIpc) is 3.28. The Bertz CT molecular complexity index is 1400. The highest BCUT2D eigenvalue weighted by molar-refractivity contribution is 6.33. The number of hydrogen-bond acceptors (Lipinski definition) is 6. The first kappa shape index (κ1) is 24.5.